The Morgan fingerprint density at radius 1 is 0.703 bits per heavy atom. The van der Waals surface area contributed by atoms with Gasteiger partial charge < -0.3 is 30.1 Å². The van der Waals surface area contributed by atoms with Gasteiger partial charge in [0.2, 0.25) is 5.95 Å². The van der Waals surface area contributed by atoms with Crippen LogP contribution in [-0.4, -0.2) is 43.5 Å². The van der Waals surface area contributed by atoms with Crippen molar-refractivity contribution in [1.82, 2.24) is 19.5 Å². The standard InChI is InChI=1S/C25H21N3O2.C11H12O3.C11H8O.C3H5N3.2CH4/c1-17-22(24(29)30-16-18-8-3-2-4-9-18)23(28-15-14-26-25(28)27-17)21-13-7-11-19-10-5-6-12-20(19)21;1-9(12)7-11(13)14-8-10-5-3-2-4-6-10;12-8-10-6-3-5-9-4-1-2-7-11(9)10;4-3-5-1-2-6-3;;/h2-15,23H,16H2,1H3,(H,26,27);2-6H,7-8H2,1H3;1-8H;1-2H,(H3,4,5,6);2*1H4. The summed E-state index contributed by atoms with van der Waals surface area (Å²) in [7, 11) is 0. The first-order chi connectivity index (χ1) is 30.2. The zero-order valence-electron chi connectivity index (χ0n) is 34.3. The maximum atomic E-state index is 13.3. The van der Waals surface area contributed by atoms with Crippen LogP contribution >= 0.6 is 0 Å². The zero-order chi connectivity index (χ0) is 43.7. The normalized spacial score (nSPS) is 12.1. The van der Waals surface area contributed by atoms with Gasteiger partial charge in [-0.25, -0.2) is 14.8 Å². The zero-order valence-corrected chi connectivity index (χ0v) is 34.3. The number of anilines is 2. The van der Waals surface area contributed by atoms with Crippen LogP contribution in [-0.2, 0) is 37.1 Å². The molecular weight excluding hydrogens is 805 g/mol. The Bertz CT molecular complexity index is 2760. The molecular formula is C52H54N6O6. The second kappa shape index (κ2) is 24.4. The summed E-state index contributed by atoms with van der Waals surface area (Å²) >= 11 is 0. The molecule has 8 aromatic rings. The van der Waals surface area contributed by atoms with Gasteiger partial charge in [-0.3, -0.25) is 14.4 Å². The molecule has 12 heteroatoms. The number of fused-ring (bicyclic) bond motifs is 3. The molecule has 3 heterocycles. The number of H-pyrrole nitrogens is 1. The fraction of sp³-hybridized carbons (Fsp3) is 0.154. The number of nitrogens with zero attached hydrogens (tertiary/aromatic N) is 3. The molecule has 0 radical (unpaired) electrons. The molecule has 0 aliphatic carbocycles. The topological polar surface area (TPSA) is 171 Å². The number of ketones is 1. The summed E-state index contributed by atoms with van der Waals surface area (Å²) in [6.07, 6.45) is 7.66. The third-order valence-electron chi connectivity index (χ3n) is 9.58. The van der Waals surface area contributed by atoms with Crippen LogP contribution in [0.1, 0.15) is 68.2 Å². The number of nitrogens with two attached hydrogens (primary N) is 1. The molecule has 328 valence electrons. The molecule has 1 atom stereocenters. The van der Waals surface area contributed by atoms with Crippen LogP contribution in [0.5, 0.6) is 0 Å². The number of allylic oxidation sites excluding steroid dienone is 1. The lowest BCUT2D eigenvalue weighted by molar-refractivity contribution is -0.147. The van der Waals surface area contributed by atoms with E-state index in [1.807, 2.05) is 139 Å². The monoisotopic (exact) mass is 858 g/mol. The smallest absolute Gasteiger partial charge is 0.338 e. The number of aldehydes is 1. The summed E-state index contributed by atoms with van der Waals surface area (Å²) in [5.74, 6) is 0.200. The van der Waals surface area contributed by atoms with E-state index >= 15 is 0 Å². The minimum atomic E-state index is -0.471. The minimum absolute atomic E-state index is 0. The number of carbonyl (C=O) groups excluding carboxylic acids is 4. The van der Waals surface area contributed by atoms with Crippen LogP contribution in [0.4, 0.5) is 11.9 Å². The van der Waals surface area contributed by atoms with E-state index in [4.69, 9.17) is 15.2 Å². The number of ether oxygens (including phenoxy) is 2. The Balaban J connectivity index is 0.000000219. The van der Waals surface area contributed by atoms with Gasteiger partial charge in [0.05, 0.1) is 11.6 Å². The molecule has 0 saturated carbocycles. The largest absolute Gasteiger partial charge is 0.460 e. The molecule has 2 aromatic heterocycles. The van der Waals surface area contributed by atoms with Gasteiger partial charge in [0.1, 0.15) is 25.4 Å². The first kappa shape index (κ1) is 48.5. The molecule has 0 amide bonds. The minimum Gasteiger partial charge on any atom is -0.460 e. The molecule has 0 fully saturated rings. The first-order valence-corrected chi connectivity index (χ1v) is 19.8. The number of hydrogen-bond acceptors (Lipinski definition) is 10. The highest BCUT2D eigenvalue weighted by molar-refractivity contribution is 5.98. The molecule has 64 heavy (non-hydrogen) atoms. The highest BCUT2D eigenvalue weighted by atomic mass is 16.5. The summed E-state index contributed by atoms with van der Waals surface area (Å²) in [4.78, 5) is 56.2. The first-order valence-electron chi connectivity index (χ1n) is 19.8. The number of aromatic nitrogens is 4. The van der Waals surface area contributed by atoms with Crippen LogP contribution in [0.2, 0.25) is 0 Å². The van der Waals surface area contributed by atoms with Crippen molar-refractivity contribution in [3.8, 4) is 0 Å². The quantitative estimate of drug-likeness (QED) is 0.0721. The predicted molar refractivity (Wildman–Crippen MR) is 254 cm³/mol. The third-order valence-corrected chi connectivity index (χ3v) is 9.58. The van der Waals surface area contributed by atoms with Crippen molar-refractivity contribution in [2.75, 3.05) is 11.1 Å². The molecule has 4 N–H and O–H groups in total. The lowest BCUT2D eigenvalue weighted by atomic mass is 9.91. The van der Waals surface area contributed by atoms with Crippen molar-refractivity contribution in [3.05, 3.63) is 204 Å². The van der Waals surface area contributed by atoms with Crippen LogP contribution in [0, 0.1) is 0 Å². The van der Waals surface area contributed by atoms with E-state index < -0.39 is 5.97 Å². The van der Waals surface area contributed by atoms with Crippen molar-refractivity contribution in [2.45, 2.75) is 54.4 Å². The molecule has 9 rings (SSSR count). The van der Waals surface area contributed by atoms with Gasteiger partial charge in [-0.15, -0.1) is 0 Å². The Labute approximate surface area is 373 Å². The van der Waals surface area contributed by atoms with Gasteiger partial charge in [0, 0.05) is 36.0 Å². The number of benzene rings is 6. The number of imidazole rings is 2. The summed E-state index contributed by atoms with van der Waals surface area (Å²) in [6, 6.07) is 46.7. The van der Waals surface area contributed by atoms with Gasteiger partial charge in [-0.2, -0.15) is 0 Å². The Hall–Kier alpha value is -8.12. The van der Waals surface area contributed by atoms with Gasteiger partial charge in [0.25, 0.3) is 0 Å². The second-order valence-electron chi connectivity index (χ2n) is 14.0. The van der Waals surface area contributed by atoms with Crippen LogP contribution < -0.4 is 11.1 Å². The number of hydrogen-bond donors (Lipinski definition) is 3. The maximum absolute atomic E-state index is 13.3. The third kappa shape index (κ3) is 13.2. The number of Topliss-reactive ketones (excluding diaryl/α,β-unsaturated/α-hetero) is 1. The summed E-state index contributed by atoms with van der Waals surface area (Å²) in [5, 5.41) is 7.62. The van der Waals surface area contributed by atoms with Crippen molar-refractivity contribution in [1.29, 1.82) is 0 Å². The SMILES string of the molecule is C.C.CC(=O)CC(=O)OCc1ccccc1.CC1=C(C(=O)OCc2ccccc2)C(c2cccc3ccccc23)n2ccnc2N1.Nc1ncc[nH]1.O=Cc1cccc2ccccc12. The van der Waals surface area contributed by atoms with Gasteiger partial charge in [-0.05, 0) is 52.1 Å². The number of carbonyl (C=O) groups is 4. The van der Waals surface area contributed by atoms with Crippen LogP contribution in [0.15, 0.2) is 182 Å². The fourth-order valence-electron chi connectivity index (χ4n) is 6.68. The number of rotatable bonds is 9. The van der Waals surface area contributed by atoms with E-state index in [0.717, 1.165) is 55.8 Å². The summed E-state index contributed by atoms with van der Waals surface area (Å²) in [6.45, 7) is 3.72. The van der Waals surface area contributed by atoms with E-state index in [2.05, 4.69) is 44.5 Å². The van der Waals surface area contributed by atoms with E-state index in [9.17, 15) is 19.2 Å². The van der Waals surface area contributed by atoms with Gasteiger partial charge in [0.15, 0.2) is 12.2 Å². The van der Waals surface area contributed by atoms with Gasteiger partial charge in [-0.1, -0.05) is 160 Å². The molecule has 1 unspecified atom stereocenters. The van der Waals surface area contributed by atoms with E-state index in [1.165, 1.54) is 6.92 Å². The lowest BCUT2D eigenvalue weighted by Gasteiger charge is -2.30. The molecule has 0 bridgehead atoms. The highest BCUT2D eigenvalue weighted by Crippen LogP contribution is 2.39. The molecule has 6 aromatic carbocycles. The second-order valence-corrected chi connectivity index (χ2v) is 14.0. The number of nitrogens with one attached hydrogen (secondary N) is 2. The van der Waals surface area contributed by atoms with E-state index in [1.54, 1.807) is 18.6 Å². The fourth-order valence-corrected chi connectivity index (χ4v) is 6.68. The Morgan fingerprint density at radius 3 is 1.84 bits per heavy atom. The number of aromatic amines is 1. The highest BCUT2D eigenvalue weighted by Gasteiger charge is 2.34. The molecule has 0 spiro atoms. The average Bonchev–Trinajstić information content (AvgIpc) is 3.99. The average molecular weight is 859 g/mol. The van der Waals surface area contributed by atoms with Crippen LogP contribution in [0.25, 0.3) is 21.5 Å². The van der Waals surface area contributed by atoms with Gasteiger partial charge >= 0.3 is 11.9 Å². The molecule has 0 saturated heterocycles. The van der Waals surface area contributed by atoms with Crippen molar-refractivity contribution >= 4 is 57.4 Å². The van der Waals surface area contributed by atoms with Crippen molar-refractivity contribution in [2.24, 2.45) is 0 Å². The van der Waals surface area contributed by atoms with E-state index in [0.29, 0.717) is 17.5 Å². The summed E-state index contributed by atoms with van der Waals surface area (Å²) in [5.41, 5.74) is 10.1. The van der Waals surface area contributed by atoms with Crippen molar-refractivity contribution < 1.29 is 28.7 Å². The maximum Gasteiger partial charge on any atom is 0.338 e. The van der Waals surface area contributed by atoms with Crippen molar-refractivity contribution in [3.63, 3.8) is 0 Å². The Kier molecular flexibility index (Phi) is 18.5. The molecule has 1 aliphatic heterocycles. The Morgan fingerprint density at radius 2 is 1.27 bits per heavy atom. The molecule has 1 aliphatic rings. The lowest BCUT2D eigenvalue weighted by Crippen LogP contribution is -2.28. The van der Waals surface area contributed by atoms with E-state index in [-0.39, 0.29) is 52.3 Å². The number of nitrogen functional groups attached to an aromatic ring is 1. The predicted octanol–water partition coefficient (Wildman–Crippen LogP) is 10.7. The van der Waals surface area contributed by atoms with Crippen LogP contribution in [0.3, 0.4) is 0 Å². The molecule has 12 nitrogen and oxygen atoms in total. The summed E-state index contributed by atoms with van der Waals surface area (Å²) < 4.78 is 12.6. The number of esters is 2.